The maximum atomic E-state index is 13.4. The molecule has 0 saturated carbocycles. The standard InChI is InChI=1S/C20H30N2O3/c1-5-10-20(11-6-7-15(3)21-20)19(25)22(4)17-9-8-14(2)12-16(17)13-18(23)24/h8-9,12,15,21H,5-7,10-11,13H2,1-4H3,(H,23,24)/t15?,20-/m0/s1. The minimum Gasteiger partial charge on any atom is -0.481 e. The van der Waals surface area contributed by atoms with E-state index in [2.05, 4.69) is 19.2 Å². The lowest BCUT2D eigenvalue weighted by atomic mass is 9.81. The van der Waals surface area contributed by atoms with E-state index >= 15 is 0 Å². The third-order valence-corrected chi connectivity index (χ3v) is 5.09. The molecule has 1 aliphatic rings. The Bertz CT molecular complexity index is 640. The summed E-state index contributed by atoms with van der Waals surface area (Å²) < 4.78 is 0. The largest absolute Gasteiger partial charge is 0.481 e. The summed E-state index contributed by atoms with van der Waals surface area (Å²) in [6.07, 6.45) is 4.57. The van der Waals surface area contributed by atoms with E-state index in [1.165, 1.54) is 0 Å². The van der Waals surface area contributed by atoms with Crippen molar-refractivity contribution in [3.8, 4) is 0 Å². The Balaban J connectivity index is 2.36. The van der Waals surface area contributed by atoms with Gasteiger partial charge in [0.25, 0.3) is 0 Å². The van der Waals surface area contributed by atoms with Gasteiger partial charge in [-0.3, -0.25) is 9.59 Å². The van der Waals surface area contributed by atoms with Crippen molar-refractivity contribution in [2.75, 3.05) is 11.9 Å². The van der Waals surface area contributed by atoms with Crippen molar-refractivity contribution in [3.05, 3.63) is 29.3 Å². The number of nitrogens with one attached hydrogen (secondary N) is 1. The molecule has 0 spiro atoms. The van der Waals surface area contributed by atoms with Gasteiger partial charge in [0.05, 0.1) is 12.0 Å². The molecule has 0 radical (unpaired) electrons. The average molecular weight is 346 g/mol. The molecule has 1 fully saturated rings. The second-order valence-corrected chi connectivity index (χ2v) is 7.34. The number of likely N-dealkylation sites (N-methyl/N-ethyl adjacent to an activating group) is 1. The molecular formula is C20H30N2O3. The molecule has 1 amide bonds. The molecule has 0 aliphatic carbocycles. The Hall–Kier alpha value is -1.88. The van der Waals surface area contributed by atoms with Crippen LogP contribution in [0.25, 0.3) is 0 Å². The van der Waals surface area contributed by atoms with E-state index in [0.29, 0.717) is 17.3 Å². The molecule has 25 heavy (non-hydrogen) atoms. The van der Waals surface area contributed by atoms with E-state index < -0.39 is 11.5 Å². The Kier molecular flexibility index (Phi) is 6.22. The first kappa shape index (κ1) is 19.4. The van der Waals surface area contributed by atoms with Crippen LogP contribution in [0.3, 0.4) is 0 Å². The topological polar surface area (TPSA) is 69.6 Å². The van der Waals surface area contributed by atoms with Gasteiger partial charge in [0.1, 0.15) is 0 Å². The predicted octanol–water partition coefficient (Wildman–Crippen LogP) is 3.29. The first-order chi connectivity index (χ1) is 11.8. The number of benzene rings is 1. The van der Waals surface area contributed by atoms with Crippen LogP contribution in [0.5, 0.6) is 0 Å². The second kappa shape index (κ2) is 8.00. The lowest BCUT2D eigenvalue weighted by Crippen LogP contribution is -2.61. The number of anilines is 1. The monoisotopic (exact) mass is 346 g/mol. The van der Waals surface area contributed by atoms with Crippen LogP contribution in [0.2, 0.25) is 0 Å². The summed E-state index contributed by atoms with van der Waals surface area (Å²) in [6, 6.07) is 5.95. The van der Waals surface area contributed by atoms with Gasteiger partial charge in [0.2, 0.25) is 5.91 Å². The van der Waals surface area contributed by atoms with Crippen LogP contribution in [0.1, 0.15) is 57.1 Å². The van der Waals surface area contributed by atoms with Gasteiger partial charge in [-0.15, -0.1) is 0 Å². The molecule has 138 valence electrons. The maximum absolute atomic E-state index is 13.4. The molecule has 1 aliphatic heterocycles. The molecular weight excluding hydrogens is 316 g/mol. The van der Waals surface area contributed by atoms with E-state index in [4.69, 9.17) is 0 Å². The summed E-state index contributed by atoms with van der Waals surface area (Å²) >= 11 is 0. The normalized spacial score (nSPS) is 23.3. The summed E-state index contributed by atoms with van der Waals surface area (Å²) in [4.78, 5) is 26.3. The van der Waals surface area contributed by atoms with E-state index in [-0.39, 0.29) is 12.3 Å². The SMILES string of the molecule is CCC[C@@]1(C(=O)N(C)c2ccc(C)cc2CC(=O)O)CCCC(C)N1. The fraction of sp³-hybridized carbons (Fsp3) is 0.600. The molecule has 2 rings (SSSR count). The van der Waals surface area contributed by atoms with Crippen molar-refractivity contribution in [3.63, 3.8) is 0 Å². The number of hydrogen-bond donors (Lipinski definition) is 2. The Morgan fingerprint density at radius 3 is 2.72 bits per heavy atom. The van der Waals surface area contributed by atoms with E-state index in [1.807, 2.05) is 25.1 Å². The number of aliphatic carboxylic acids is 1. The number of carbonyl (C=O) groups excluding carboxylic acids is 1. The zero-order valence-electron chi connectivity index (χ0n) is 15.8. The summed E-state index contributed by atoms with van der Waals surface area (Å²) in [7, 11) is 1.76. The first-order valence-electron chi connectivity index (χ1n) is 9.16. The molecule has 2 atom stereocenters. The second-order valence-electron chi connectivity index (χ2n) is 7.34. The number of hydrogen-bond acceptors (Lipinski definition) is 3. The highest BCUT2D eigenvalue weighted by Crippen LogP contribution is 2.32. The number of nitrogens with zero attached hydrogens (tertiary/aromatic N) is 1. The molecule has 5 heteroatoms. The van der Waals surface area contributed by atoms with Gasteiger partial charge in [0, 0.05) is 18.8 Å². The lowest BCUT2D eigenvalue weighted by Gasteiger charge is -2.42. The molecule has 1 unspecified atom stereocenters. The van der Waals surface area contributed by atoms with Crippen LogP contribution in [-0.2, 0) is 16.0 Å². The fourth-order valence-electron chi connectivity index (χ4n) is 4.00. The summed E-state index contributed by atoms with van der Waals surface area (Å²) in [5.74, 6) is -0.850. The van der Waals surface area contributed by atoms with Gasteiger partial charge in [0.15, 0.2) is 0 Å². The Morgan fingerprint density at radius 2 is 2.12 bits per heavy atom. The minimum absolute atomic E-state index is 0.0383. The van der Waals surface area contributed by atoms with Crippen LogP contribution in [0.4, 0.5) is 5.69 Å². The number of carbonyl (C=O) groups is 2. The highest BCUT2D eigenvalue weighted by atomic mass is 16.4. The number of rotatable bonds is 6. The minimum atomic E-state index is -0.889. The van der Waals surface area contributed by atoms with Gasteiger partial charge in [-0.25, -0.2) is 0 Å². The van der Waals surface area contributed by atoms with Crippen LogP contribution >= 0.6 is 0 Å². The summed E-state index contributed by atoms with van der Waals surface area (Å²) in [5.41, 5.74) is 1.81. The van der Waals surface area contributed by atoms with E-state index in [1.54, 1.807) is 11.9 Å². The van der Waals surface area contributed by atoms with Crippen molar-refractivity contribution in [2.45, 2.75) is 70.9 Å². The first-order valence-corrected chi connectivity index (χ1v) is 9.16. The third-order valence-electron chi connectivity index (χ3n) is 5.09. The van der Waals surface area contributed by atoms with Gasteiger partial charge in [-0.1, -0.05) is 31.0 Å². The maximum Gasteiger partial charge on any atom is 0.307 e. The number of aryl methyl sites for hydroxylation is 1. The zero-order chi connectivity index (χ0) is 18.6. The third kappa shape index (κ3) is 4.40. The molecule has 0 aromatic heterocycles. The van der Waals surface area contributed by atoms with Gasteiger partial charge in [-0.2, -0.15) is 0 Å². The van der Waals surface area contributed by atoms with Crippen molar-refractivity contribution in [1.82, 2.24) is 5.32 Å². The van der Waals surface area contributed by atoms with Crippen molar-refractivity contribution < 1.29 is 14.7 Å². The van der Waals surface area contributed by atoms with Crippen LogP contribution in [0, 0.1) is 6.92 Å². The van der Waals surface area contributed by atoms with Crippen molar-refractivity contribution in [2.24, 2.45) is 0 Å². The number of amides is 1. The molecule has 1 aromatic carbocycles. The number of carboxylic acid groups (broad SMARTS) is 1. The van der Waals surface area contributed by atoms with E-state index in [9.17, 15) is 14.7 Å². The molecule has 5 nitrogen and oxygen atoms in total. The number of carboxylic acids is 1. The van der Waals surface area contributed by atoms with Gasteiger partial charge < -0.3 is 15.3 Å². The fourth-order valence-corrected chi connectivity index (χ4v) is 4.00. The molecule has 0 bridgehead atoms. The van der Waals surface area contributed by atoms with Crippen molar-refractivity contribution >= 4 is 17.6 Å². The average Bonchev–Trinajstić information content (AvgIpc) is 2.53. The smallest absolute Gasteiger partial charge is 0.307 e. The number of piperidine rings is 1. The highest BCUT2D eigenvalue weighted by Gasteiger charge is 2.42. The summed E-state index contributed by atoms with van der Waals surface area (Å²) in [6.45, 7) is 6.15. The van der Waals surface area contributed by atoms with Crippen LogP contribution < -0.4 is 10.2 Å². The van der Waals surface area contributed by atoms with Crippen LogP contribution in [0.15, 0.2) is 18.2 Å². The molecule has 1 aromatic rings. The molecule has 1 heterocycles. The van der Waals surface area contributed by atoms with Gasteiger partial charge >= 0.3 is 5.97 Å². The van der Waals surface area contributed by atoms with Gasteiger partial charge in [-0.05, 0) is 51.2 Å². The van der Waals surface area contributed by atoms with Crippen molar-refractivity contribution in [1.29, 1.82) is 0 Å². The quantitative estimate of drug-likeness (QED) is 0.829. The Morgan fingerprint density at radius 1 is 1.40 bits per heavy atom. The molecule has 2 N–H and O–H groups in total. The van der Waals surface area contributed by atoms with E-state index in [0.717, 1.165) is 37.7 Å². The molecule has 1 saturated heterocycles. The summed E-state index contributed by atoms with van der Waals surface area (Å²) in [5, 5.41) is 12.8. The highest BCUT2D eigenvalue weighted by molar-refractivity contribution is 6.01. The lowest BCUT2D eigenvalue weighted by molar-refractivity contribution is -0.136. The van der Waals surface area contributed by atoms with Crippen LogP contribution in [-0.4, -0.2) is 35.6 Å². The predicted molar refractivity (Wildman–Crippen MR) is 100 cm³/mol. The Labute approximate surface area is 150 Å². The zero-order valence-corrected chi connectivity index (χ0v) is 15.8.